The summed E-state index contributed by atoms with van der Waals surface area (Å²) in [5.41, 5.74) is 1.00. The van der Waals surface area contributed by atoms with Crippen molar-refractivity contribution in [3.05, 3.63) is 18.0 Å². The van der Waals surface area contributed by atoms with E-state index in [9.17, 15) is 4.79 Å². The largest absolute Gasteiger partial charge is 0.368 e. The fourth-order valence-electron chi connectivity index (χ4n) is 1.73. The molecule has 5 heteroatoms. The maximum absolute atomic E-state index is 11.8. The average Bonchev–Trinajstić information content (AvgIpc) is 2.88. The van der Waals surface area contributed by atoms with Crippen LogP contribution in [0.2, 0.25) is 0 Å². The molecular weight excluding hydrogens is 194 g/mol. The molecule has 1 aromatic rings. The molecule has 15 heavy (non-hydrogen) atoms. The first-order valence-corrected chi connectivity index (χ1v) is 5.11. The average molecular weight is 209 g/mol. The van der Waals surface area contributed by atoms with Gasteiger partial charge in [-0.25, -0.2) is 0 Å². The lowest BCUT2D eigenvalue weighted by molar-refractivity contribution is -0.140. The van der Waals surface area contributed by atoms with E-state index in [0.29, 0.717) is 13.2 Å². The Morgan fingerprint density at radius 1 is 1.80 bits per heavy atom. The third-order valence-electron chi connectivity index (χ3n) is 2.56. The molecule has 1 fully saturated rings. The lowest BCUT2D eigenvalue weighted by Gasteiger charge is -2.19. The second kappa shape index (κ2) is 4.44. The van der Waals surface area contributed by atoms with Crippen LogP contribution >= 0.6 is 0 Å². The second-order valence-electron chi connectivity index (χ2n) is 3.80. The molecule has 82 valence electrons. The number of hydrogen-bond acceptors (Lipinski definition) is 3. The first kappa shape index (κ1) is 10.2. The third-order valence-corrected chi connectivity index (χ3v) is 2.56. The fourth-order valence-corrected chi connectivity index (χ4v) is 1.73. The quantitative estimate of drug-likeness (QED) is 0.790. The number of amides is 1. The first-order chi connectivity index (χ1) is 7.27. The smallest absolute Gasteiger partial charge is 0.251 e. The van der Waals surface area contributed by atoms with Gasteiger partial charge in [-0.1, -0.05) is 0 Å². The zero-order valence-electron chi connectivity index (χ0n) is 8.77. The highest BCUT2D eigenvalue weighted by molar-refractivity contribution is 5.80. The molecule has 0 radical (unpaired) electrons. The number of carbonyl (C=O) groups is 1. The third kappa shape index (κ3) is 2.36. The van der Waals surface area contributed by atoms with Crippen molar-refractivity contribution in [1.29, 1.82) is 0 Å². The fraction of sp³-hybridized carbons (Fsp3) is 0.600. The van der Waals surface area contributed by atoms with Crippen LogP contribution in [0.5, 0.6) is 0 Å². The minimum absolute atomic E-state index is 0.0636. The van der Waals surface area contributed by atoms with Gasteiger partial charge in [0.05, 0.1) is 6.20 Å². The number of ether oxygens (including phenoxy) is 1. The minimum atomic E-state index is -0.234. The van der Waals surface area contributed by atoms with Gasteiger partial charge in [0.2, 0.25) is 0 Å². The predicted octanol–water partition coefficient (Wildman–Crippen LogP) is 0.547. The number of hydrogen-bond donors (Lipinski definition) is 1. The minimum Gasteiger partial charge on any atom is -0.368 e. The summed E-state index contributed by atoms with van der Waals surface area (Å²) in [5, 5.41) is 6.56. The molecule has 1 aromatic heterocycles. The van der Waals surface area contributed by atoms with E-state index in [1.165, 1.54) is 0 Å². The number of nitrogens with one attached hydrogen (secondary N) is 1. The van der Waals surface area contributed by atoms with E-state index < -0.39 is 0 Å². The maximum Gasteiger partial charge on any atom is 0.251 e. The summed E-state index contributed by atoms with van der Waals surface area (Å²) < 4.78 is 5.34. The van der Waals surface area contributed by atoms with Gasteiger partial charge in [0.15, 0.2) is 0 Å². The molecule has 1 aliphatic rings. The Balaban J connectivity index is 1.89. The van der Waals surface area contributed by atoms with Crippen molar-refractivity contribution in [3.8, 4) is 0 Å². The number of H-pyrrole nitrogens is 1. The molecule has 1 atom stereocenters. The van der Waals surface area contributed by atoms with E-state index in [0.717, 1.165) is 18.4 Å². The second-order valence-corrected chi connectivity index (χ2v) is 3.80. The highest BCUT2D eigenvalue weighted by Crippen LogP contribution is 2.15. The predicted molar refractivity (Wildman–Crippen MR) is 54.0 cm³/mol. The number of carbonyl (C=O) groups excluding carboxylic acids is 1. The normalized spacial score (nSPS) is 20.5. The summed E-state index contributed by atoms with van der Waals surface area (Å²) in [4.78, 5) is 13.5. The topological polar surface area (TPSA) is 58.2 Å². The zero-order chi connectivity index (χ0) is 10.7. The highest BCUT2D eigenvalue weighted by Gasteiger charge is 2.26. The maximum atomic E-state index is 11.8. The summed E-state index contributed by atoms with van der Waals surface area (Å²) >= 11 is 0. The van der Waals surface area contributed by atoms with E-state index in [1.807, 2.05) is 0 Å². The molecule has 1 N–H and O–H groups in total. The summed E-state index contributed by atoms with van der Waals surface area (Å²) in [6, 6.07) is 0. The molecule has 1 amide bonds. The SMILES string of the molecule is CN(Cc1cn[nH]c1)C(=O)[C@@H]1CCCO1. The molecule has 1 aliphatic heterocycles. The molecule has 0 aromatic carbocycles. The van der Waals surface area contributed by atoms with Gasteiger partial charge >= 0.3 is 0 Å². The van der Waals surface area contributed by atoms with Crippen LogP contribution in [-0.4, -0.2) is 40.8 Å². The van der Waals surface area contributed by atoms with Crippen LogP contribution in [-0.2, 0) is 16.1 Å². The molecule has 5 nitrogen and oxygen atoms in total. The lowest BCUT2D eigenvalue weighted by atomic mass is 10.2. The Labute approximate surface area is 88.4 Å². The number of nitrogens with zero attached hydrogens (tertiary/aromatic N) is 2. The van der Waals surface area contributed by atoms with Crippen LogP contribution in [0.15, 0.2) is 12.4 Å². The van der Waals surface area contributed by atoms with Gasteiger partial charge in [-0.2, -0.15) is 5.10 Å². The van der Waals surface area contributed by atoms with Gasteiger partial charge in [-0.15, -0.1) is 0 Å². The van der Waals surface area contributed by atoms with Crippen molar-refractivity contribution in [1.82, 2.24) is 15.1 Å². The Morgan fingerprint density at radius 3 is 3.27 bits per heavy atom. The van der Waals surface area contributed by atoms with Gasteiger partial charge in [-0.05, 0) is 12.8 Å². The van der Waals surface area contributed by atoms with E-state index in [2.05, 4.69) is 10.2 Å². The summed E-state index contributed by atoms with van der Waals surface area (Å²) in [6.45, 7) is 1.28. The van der Waals surface area contributed by atoms with E-state index in [-0.39, 0.29) is 12.0 Å². The summed E-state index contributed by atoms with van der Waals surface area (Å²) in [7, 11) is 1.79. The number of aromatic amines is 1. The van der Waals surface area contributed by atoms with Crippen LogP contribution in [0.25, 0.3) is 0 Å². The van der Waals surface area contributed by atoms with Crippen molar-refractivity contribution >= 4 is 5.91 Å². The van der Waals surface area contributed by atoms with Crippen LogP contribution < -0.4 is 0 Å². The standard InChI is InChI=1S/C10H15N3O2/c1-13(7-8-5-11-12-6-8)10(14)9-3-2-4-15-9/h5-6,9H,2-4,7H2,1H3,(H,11,12)/t9-/m0/s1. The van der Waals surface area contributed by atoms with Crippen molar-refractivity contribution < 1.29 is 9.53 Å². The van der Waals surface area contributed by atoms with Crippen molar-refractivity contribution in [2.75, 3.05) is 13.7 Å². The molecule has 0 spiro atoms. The van der Waals surface area contributed by atoms with Crippen LogP contribution in [0, 0.1) is 0 Å². The molecular formula is C10H15N3O2. The number of rotatable bonds is 3. The van der Waals surface area contributed by atoms with Crippen molar-refractivity contribution in [2.24, 2.45) is 0 Å². The van der Waals surface area contributed by atoms with Gasteiger partial charge in [0.25, 0.3) is 5.91 Å². The highest BCUT2D eigenvalue weighted by atomic mass is 16.5. The van der Waals surface area contributed by atoms with Gasteiger partial charge < -0.3 is 9.64 Å². The van der Waals surface area contributed by atoms with Gasteiger partial charge in [0, 0.05) is 32.0 Å². The molecule has 2 rings (SSSR count). The van der Waals surface area contributed by atoms with E-state index in [4.69, 9.17) is 4.74 Å². The monoisotopic (exact) mass is 209 g/mol. The number of aromatic nitrogens is 2. The Kier molecular flexibility index (Phi) is 3.01. The van der Waals surface area contributed by atoms with E-state index >= 15 is 0 Å². The molecule has 0 aliphatic carbocycles. The molecule has 1 saturated heterocycles. The van der Waals surface area contributed by atoms with Gasteiger partial charge in [0.1, 0.15) is 6.10 Å². The molecule has 0 unspecified atom stereocenters. The Morgan fingerprint density at radius 2 is 2.67 bits per heavy atom. The Bertz CT molecular complexity index is 317. The number of likely N-dealkylation sites (N-methyl/N-ethyl adjacent to an activating group) is 1. The van der Waals surface area contributed by atoms with E-state index in [1.54, 1.807) is 24.3 Å². The zero-order valence-corrected chi connectivity index (χ0v) is 8.77. The first-order valence-electron chi connectivity index (χ1n) is 5.11. The van der Waals surface area contributed by atoms with Crippen LogP contribution in [0.3, 0.4) is 0 Å². The molecule has 0 saturated carbocycles. The molecule has 2 heterocycles. The molecule has 0 bridgehead atoms. The van der Waals surface area contributed by atoms with Crippen LogP contribution in [0.4, 0.5) is 0 Å². The Hall–Kier alpha value is -1.36. The summed E-state index contributed by atoms with van der Waals surface area (Å²) in [6.07, 6.45) is 5.10. The van der Waals surface area contributed by atoms with Crippen molar-refractivity contribution in [2.45, 2.75) is 25.5 Å². The van der Waals surface area contributed by atoms with Crippen LogP contribution in [0.1, 0.15) is 18.4 Å². The van der Waals surface area contributed by atoms with Gasteiger partial charge in [-0.3, -0.25) is 9.89 Å². The lowest BCUT2D eigenvalue weighted by Crippen LogP contribution is -2.35. The summed E-state index contributed by atoms with van der Waals surface area (Å²) in [5.74, 6) is 0.0636. The van der Waals surface area contributed by atoms with Crippen molar-refractivity contribution in [3.63, 3.8) is 0 Å².